The van der Waals surface area contributed by atoms with Gasteiger partial charge in [-0.3, -0.25) is 4.79 Å². The van der Waals surface area contributed by atoms with Crippen molar-refractivity contribution in [2.45, 2.75) is 20.3 Å². The van der Waals surface area contributed by atoms with Crippen molar-refractivity contribution in [2.75, 3.05) is 33.4 Å². The molecule has 0 spiro atoms. The highest BCUT2D eigenvalue weighted by Crippen LogP contribution is 1.91. The van der Waals surface area contributed by atoms with Crippen LogP contribution < -0.4 is 10.6 Å². The van der Waals surface area contributed by atoms with Crippen LogP contribution in [0.15, 0.2) is 0 Å². The molecular weight excluding hydrogens is 180 g/mol. The number of nitrogens with one attached hydrogen (secondary N) is 2. The van der Waals surface area contributed by atoms with E-state index in [1.54, 1.807) is 0 Å². The number of hydrogen-bond donors (Lipinski definition) is 2. The fraction of sp³-hybridized carbons (Fsp3) is 0.900. The van der Waals surface area contributed by atoms with Crippen LogP contribution in [0, 0.1) is 5.92 Å². The van der Waals surface area contributed by atoms with Crippen LogP contribution in [0.1, 0.15) is 20.3 Å². The van der Waals surface area contributed by atoms with Gasteiger partial charge in [-0.1, -0.05) is 6.92 Å². The van der Waals surface area contributed by atoms with Crippen molar-refractivity contribution in [3.63, 3.8) is 0 Å². The number of carbonyl (C=O) groups is 1. The van der Waals surface area contributed by atoms with Gasteiger partial charge in [-0.15, -0.1) is 0 Å². The predicted octanol–water partition coefficient (Wildman–Crippen LogP) is 0.385. The molecule has 0 rings (SSSR count). The van der Waals surface area contributed by atoms with Crippen molar-refractivity contribution in [3.8, 4) is 0 Å². The highest BCUT2D eigenvalue weighted by Gasteiger charge is 2.09. The molecule has 0 fully saturated rings. The Balaban J connectivity index is 3.34. The van der Waals surface area contributed by atoms with Gasteiger partial charge in [0.1, 0.15) is 0 Å². The number of ether oxygens (including phenoxy) is 1. The van der Waals surface area contributed by atoms with Gasteiger partial charge in [-0.05, 0) is 20.4 Å². The summed E-state index contributed by atoms with van der Waals surface area (Å²) in [5, 5.41) is 5.84. The van der Waals surface area contributed by atoms with Gasteiger partial charge in [0.05, 0.1) is 0 Å². The average molecular weight is 202 g/mol. The lowest BCUT2D eigenvalue weighted by Gasteiger charge is -2.11. The Morgan fingerprint density at radius 2 is 2.21 bits per heavy atom. The van der Waals surface area contributed by atoms with Crippen LogP contribution in [0.4, 0.5) is 0 Å². The molecule has 0 aliphatic rings. The Morgan fingerprint density at radius 1 is 1.50 bits per heavy atom. The normalized spacial score (nSPS) is 12.5. The SMILES string of the molecule is CCOCCCNC(=O)C(C)CNC. The zero-order chi connectivity index (χ0) is 10.8. The van der Waals surface area contributed by atoms with E-state index in [4.69, 9.17) is 4.74 Å². The van der Waals surface area contributed by atoms with Crippen LogP contribution in [-0.2, 0) is 9.53 Å². The summed E-state index contributed by atoms with van der Waals surface area (Å²) in [6, 6.07) is 0. The summed E-state index contributed by atoms with van der Waals surface area (Å²) >= 11 is 0. The van der Waals surface area contributed by atoms with Gasteiger partial charge in [-0.25, -0.2) is 0 Å². The van der Waals surface area contributed by atoms with E-state index in [1.165, 1.54) is 0 Å². The third-order valence-electron chi connectivity index (χ3n) is 1.93. The van der Waals surface area contributed by atoms with Gasteiger partial charge < -0.3 is 15.4 Å². The molecule has 0 radical (unpaired) electrons. The van der Waals surface area contributed by atoms with Gasteiger partial charge in [0, 0.05) is 32.2 Å². The summed E-state index contributed by atoms with van der Waals surface area (Å²) < 4.78 is 5.16. The standard InChI is InChI=1S/C10H22N2O2/c1-4-14-7-5-6-12-10(13)9(2)8-11-3/h9,11H,4-8H2,1-3H3,(H,12,13). The Labute approximate surface area is 86.4 Å². The highest BCUT2D eigenvalue weighted by atomic mass is 16.5. The van der Waals surface area contributed by atoms with E-state index in [9.17, 15) is 4.79 Å². The highest BCUT2D eigenvalue weighted by molar-refractivity contribution is 5.78. The van der Waals surface area contributed by atoms with Gasteiger partial charge in [0.2, 0.25) is 5.91 Å². The third-order valence-corrected chi connectivity index (χ3v) is 1.93. The molecule has 0 bridgehead atoms. The molecule has 1 amide bonds. The zero-order valence-corrected chi connectivity index (χ0v) is 9.43. The molecule has 0 heterocycles. The van der Waals surface area contributed by atoms with E-state index >= 15 is 0 Å². The molecule has 1 atom stereocenters. The number of carbonyl (C=O) groups excluding carboxylic acids is 1. The minimum atomic E-state index is 0.0343. The summed E-state index contributed by atoms with van der Waals surface area (Å²) in [6.07, 6.45) is 0.881. The van der Waals surface area contributed by atoms with Crippen LogP contribution in [0.2, 0.25) is 0 Å². The molecule has 0 aromatic rings. The number of rotatable bonds is 8. The van der Waals surface area contributed by atoms with Crippen LogP contribution >= 0.6 is 0 Å². The lowest BCUT2D eigenvalue weighted by atomic mass is 10.1. The summed E-state index contributed by atoms with van der Waals surface area (Å²) in [7, 11) is 1.85. The first-order chi connectivity index (χ1) is 6.72. The fourth-order valence-electron chi connectivity index (χ4n) is 1.10. The van der Waals surface area contributed by atoms with Crippen molar-refractivity contribution in [1.82, 2.24) is 10.6 Å². The zero-order valence-electron chi connectivity index (χ0n) is 9.43. The smallest absolute Gasteiger partial charge is 0.224 e. The summed E-state index contributed by atoms with van der Waals surface area (Å²) in [5.74, 6) is 0.142. The van der Waals surface area contributed by atoms with E-state index in [0.29, 0.717) is 6.54 Å². The van der Waals surface area contributed by atoms with Crippen molar-refractivity contribution in [1.29, 1.82) is 0 Å². The van der Waals surface area contributed by atoms with Crippen molar-refractivity contribution in [2.24, 2.45) is 5.92 Å². The van der Waals surface area contributed by atoms with Crippen LogP contribution in [0.3, 0.4) is 0 Å². The van der Waals surface area contributed by atoms with E-state index in [0.717, 1.165) is 26.2 Å². The third kappa shape index (κ3) is 6.86. The molecule has 0 aromatic heterocycles. The van der Waals surface area contributed by atoms with Gasteiger partial charge in [0.15, 0.2) is 0 Å². The topological polar surface area (TPSA) is 50.4 Å². The second kappa shape index (κ2) is 8.97. The maximum atomic E-state index is 11.4. The fourth-order valence-corrected chi connectivity index (χ4v) is 1.10. The second-order valence-electron chi connectivity index (χ2n) is 3.30. The Morgan fingerprint density at radius 3 is 2.79 bits per heavy atom. The molecular formula is C10H22N2O2. The maximum Gasteiger partial charge on any atom is 0.224 e. The average Bonchev–Trinajstić information content (AvgIpc) is 2.17. The largest absolute Gasteiger partial charge is 0.382 e. The lowest BCUT2D eigenvalue weighted by molar-refractivity contribution is -0.124. The molecule has 0 saturated carbocycles. The Bertz CT molecular complexity index is 151. The van der Waals surface area contributed by atoms with E-state index in [2.05, 4.69) is 10.6 Å². The van der Waals surface area contributed by atoms with Gasteiger partial charge in [0.25, 0.3) is 0 Å². The molecule has 0 aliphatic carbocycles. The summed E-state index contributed by atoms with van der Waals surface area (Å²) in [6.45, 7) is 6.76. The number of amides is 1. The first kappa shape index (κ1) is 13.4. The number of hydrogen-bond acceptors (Lipinski definition) is 3. The Hall–Kier alpha value is -0.610. The van der Waals surface area contributed by atoms with Crippen molar-refractivity contribution < 1.29 is 9.53 Å². The molecule has 4 nitrogen and oxygen atoms in total. The quantitative estimate of drug-likeness (QED) is 0.560. The molecule has 4 heteroatoms. The summed E-state index contributed by atoms with van der Waals surface area (Å²) in [4.78, 5) is 11.4. The van der Waals surface area contributed by atoms with Crippen LogP contribution in [0.25, 0.3) is 0 Å². The van der Waals surface area contributed by atoms with E-state index in [-0.39, 0.29) is 11.8 Å². The first-order valence-electron chi connectivity index (χ1n) is 5.22. The predicted molar refractivity (Wildman–Crippen MR) is 57.2 cm³/mol. The minimum absolute atomic E-state index is 0.0343. The summed E-state index contributed by atoms with van der Waals surface area (Å²) in [5.41, 5.74) is 0. The van der Waals surface area contributed by atoms with Crippen molar-refractivity contribution in [3.05, 3.63) is 0 Å². The van der Waals surface area contributed by atoms with E-state index in [1.807, 2.05) is 20.9 Å². The minimum Gasteiger partial charge on any atom is -0.382 e. The molecule has 0 aromatic carbocycles. The van der Waals surface area contributed by atoms with Crippen molar-refractivity contribution >= 4 is 5.91 Å². The molecule has 0 aliphatic heterocycles. The lowest BCUT2D eigenvalue weighted by Crippen LogP contribution is -2.35. The monoisotopic (exact) mass is 202 g/mol. The second-order valence-corrected chi connectivity index (χ2v) is 3.30. The molecule has 14 heavy (non-hydrogen) atoms. The van der Waals surface area contributed by atoms with Gasteiger partial charge >= 0.3 is 0 Å². The molecule has 2 N–H and O–H groups in total. The Kier molecular flexibility index (Phi) is 8.57. The molecule has 84 valence electrons. The van der Waals surface area contributed by atoms with Gasteiger partial charge in [-0.2, -0.15) is 0 Å². The van der Waals surface area contributed by atoms with Crippen LogP contribution in [-0.4, -0.2) is 39.3 Å². The van der Waals surface area contributed by atoms with E-state index < -0.39 is 0 Å². The first-order valence-corrected chi connectivity index (χ1v) is 5.22. The maximum absolute atomic E-state index is 11.4. The molecule has 0 saturated heterocycles. The van der Waals surface area contributed by atoms with Crippen LogP contribution in [0.5, 0.6) is 0 Å². The molecule has 1 unspecified atom stereocenters.